The molecule has 0 spiro atoms. The van der Waals surface area contributed by atoms with Gasteiger partial charge in [0.2, 0.25) is 0 Å². The smallest absolute Gasteiger partial charge is 0.116 e. The van der Waals surface area contributed by atoms with Crippen molar-refractivity contribution in [2.45, 2.75) is 0 Å². The highest BCUT2D eigenvalue weighted by atomic mass is 127. The van der Waals surface area contributed by atoms with Gasteiger partial charge < -0.3 is 4.98 Å². The molecule has 0 atom stereocenters. The first-order valence-corrected chi connectivity index (χ1v) is 5.97. The Labute approximate surface area is 106 Å². The lowest BCUT2D eigenvalue weighted by atomic mass is 10.1. The predicted molar refractivity (Wildman–Crippen MR) is 72.0 cm³/mol. The summed E-state index contributed by atoms with van der Waals surface area (Å²) in [5.74, 6) is 0. The van der Waals surface area contributed by atoms with Gasteiger partial charge >= 0.3 is 0 Å². The molecular weight excluding hydrogens is 313 g/mol. The fourth-order valence-electron chi connectivity index (χ4n) is 1.72. The van der Waals surface area contributed by atoms with E-state index >= 15 is 0 Å². The first-order valence-electron chi connectivity index (χ1n) is 4.89. The van der Waals surface area contributed by atoms with Crippen molar-refractivity contribution in [3.8, 4) is 11.3 Å². The van der Waals surface area contributed by atoms with E-state index in [9.17, 15) is 0 Å². The van der Waals surface area contributed by atoms with Crippen LogP contribution in [-0.4, -0.2) is 15.0 Å². The van der Waals surface area contributed by atoms with Gasteiger partial charge in [-0.2, -0.15) is 0 Å². The molecule has 3 rings (SSSR count). The van der Waals surface area contributed by atoms with Crippen LogP contribution in [0.4, 0.5) is 0 Å². The molecule has 4 heteroatoms. The minimum absolute atomic E-state index is 0.952. The molecule has 0 unspecified atom stereocenters. The molecule has 0 aliphatic heterocycles. The van der Waals surface area contributed by atoms with Gasteiger partial charge in [0.25, 0.3) is 0 Å². The molecule has 2 heterocycles. The molecule has 0 amide bonds. The van der Waals surface area contributed by atoms with Crippen LogP contribution in [0.5, 0.6) is 0 Å². The minimum Gasteiger partial charge on any atom is -0.357 e. The summed E-state index contributed by atoms with van der Waals surface area (Å²) in [5.41, 5.74) is 4.04. The van der Waals surface area contributed by atoms with Crippen LogP contribution in [0.1, 0.15) is 0 Å². The zero-order chi connectivity index (χ0) is 11.0. The molecule has 0 saturated heterocycles. The Morgan fingerprint density at radius 1 is 1.06 bits per heavy atom. The molecule has 16 heavy (non-hydrogen) atoms. The molecule has 0 saturated carbocycles. The number of fused-ring (bicyclic) bond motifs is 1. The number of nitrogens with one attached hydrogen (secondary N) is 1. The van der Waals surface area contributed by atoms with E-state index in [2.05, 4.69) is 49.7 Å². The first-order chi connectivity index (χ1) is 7.86. The quantitative estimate of drug-likeness (QED) is 0.699. The third-order valence-electron chi connectivity index (χ3n) is 2.46. The molecule has 78 valence electrons. The Balaban J connectivity index is 2.32. The van der Waals surface area contributed by atoms with E-state index in [-0.39, 0.29) is 0 Å². The standard InChI is InChI=1S/C12H8IN3/c13-9-6-14-12-10(15-7-16-11(9)12)8-4-2-1-3-5-8/h1-7,14H. The molecule has 0 bridgehead atoms. The van der Waals surface area contributed by atoms with E-state index in [1.807, 2.05) is 24.4 Å². The maximum absolute atomic E-state index is 4.34. The van der Waals surface area contributed by atoms with Crippen molar-refractivity contribution in [2.24, 2.45) is 0 Å². The highest BCUT2D eigenvalue weighted by Crippen LogP contribution is 2.26. The lowest BCUT2D eigenvalue weighted by Crippen LogP contribution is -1.87. The second kappa shape index (κ2) is 3.86. The van der Waals surface area contributed by atoms with Gasteiger partial charge in [0.05, 0.1) is 14.8 Å². The van der Waals surface area contributed by atoms with Crippen LogP contribution in [0, 0.1) is 3.57 Å². The van der Waals surface area contributed by atoms with E-state index in [0.717, 1.165) is 25.9 Å². The monoisotopic (exact) mass is 321 g/mol. The summed E-state index contributed by atoms with van der Waals surface area (Å²) in [6.45, 7) is 0. The van der Waals surface area contributed by atoms with Crippen molar-refractivity contribution in [3.05, 3.63) is 46.4 Å². The second-order valence-corrected chi connectivity index (χ2v) is 4.61. The van der Waals surface area contributed by atoms with Crippen LogP contribution in [0.3, 0.4) is 0 Å². The molecule has 1 aromatic carbocycles. The van der Waals surface area contributed by atoms with Crippen molar-refractivity contribution in [3.63, 3.8) is 0 Å². The third-order valence-corrected chi connectivity index (χ3v) is 3.29. The van der Waals surface area contributed by atoms with E-state index in [4.69, 9.17) is 0 Å². The van der Waals surface area contributed by atoms with Gasteiger partial charge in [0.15, 0.2) is 0 Å². The van der Waals surface area contributed by atoms with Gasteiger partial charge in [-0.1, -0.05) is 30.3 Å². The van der Waals surface area contributed by atoms with Gasteiger partial charge in [-0.3, -0.25) is 0 Å². The number of hydrogen-bond acceptors (Lipinski definition) is 2. The Morgan fingerprint density at radius 2 is 1.88 bits per heavy atom. The van der Waals surface area contributed by atoms with Crippen LogP contribution in [0.25, 0.3) is 22.3 Å². The van der Waals surface area contributed by atoms with Crippen LogP contribution >= 0.6 is 22.6 Å². The summed E-state index contributed by atoms with van der Waals surface area (Å²) in [4.78, 5) is 11.8. The summed E-state index contributed by atoms with van der Waals surface area (Å²) in [6, 6.07) is 10.1. The summed E-state index contributed by atoms with van der Waals surface area (Å²) in [6.07, 6.45) is 3.56. The summed E-state index contributed by atoms with van der Waals surface area (Å²) in [5, 5.41) is 0. The van der Waals surface area contributed by atoms with E-state index in [1.54, 1.807) is 6.33 Å². The summed E-state index contributed by atoms with van der Waals surface area (Å²) in [7, 11) is 0. The van der Waals surface area contributed by atoms with Crippen molar-refractivity contribution in [2.75, 3.05) is 0 Å². The number of hydrogen-bond donors (Lipinski definition) is 1. The first kappa shape index (κ1) is 9.77. The third kappa shape index (κ3) is 1.49. The number of aromatic nitrogens is 3. The number of rotatable bonds is 1. The van der Waals surface area contributed by atoms with E-state index < -0.39 is 0 Å². The number of aromatic amines is 1. The van der Waals surface area contributed by atoms with Crippen LogP contribution in [0.15, 0.2) is 42.9 Å². The van der Waals surface area contributed by atoms with E-state index in [1.165, 1.54) is 0 Å². The normalized spacial score (nSPS) is 10.8. The topological polar surface area (TPSA) is 41.6 Å². The molecule has 2 aromatic heterocycles. The minimum atomic E-state index is 0.952. The van der Waals surface area contributed by atoms with E-state index in [0.29, 0.717) is 0 Å². The Morgan fingerprint density at radius 3 is 2.69 bits per heavy atom. The van der Waals surface area contributed by atoms with Gasteiger partial charge in [0, 0.05) is 11.8 Å². The molecule has 0 radical (unpaired) electrons. The van der Waals surface area contributed by atoms with Crippen LogP contribution in [-0.2, 0) is 0 Å². The molecule has 3 nitrogen and oxygen atoms in total. The van der Waals surface area contributed by atoms with Gasteiger partial charge in [-0.15, -0.1) is 0 Å². The highest BCUT2D eigenvalue weighted by molar-refractivity contribution is 14.1. The largest absolute Gasteiger partial charge is 0.357 e. The van der Waals surface area contributed by atoms with Crippen molar-refractivity contribution < 1.29 is 0 Å². The summed E-state index contributed by atoms with van der Waals surface area (Å²) < 4.78 is 1.12. The lowest BCUT2D eigenvalue weighted by Gasteiger charge is -2.01. The number of H-pyrrole nitrogens is 1. The fourth-order valence-corrected chi connectivity index (χ4v) is 2.29. The number of halogens is 1. The predicted octanol–water partition coefficient (Wildman–Crippen LogP) is 3.23. The molecular formula is C12H8IN3. The molecule has 0 fully saturated rings. The molecule has 0 aliphatic rings. The zero-order valence-electron chi connectivity index (χ0n) is 8.31. The molecule has 1 N–H and O–H groups in total. The Kier molecular flexibility index (Phi) is 2.36. The van der Waals surface area contributed by atoms with Crippen LogP contribution < -0.4 is 0 Å². The zero-order valence-corrected chi connectivity index (χ0v) is 10.5. The highest BCUT2D eigenvalue weighted by Gasteiger charge is 2.09. The molecule has 3 aromatic rings. The van der Waals surface area contributed by atoms with Crippen LogP contribution in [0.2, 0.25) is 0 Å². The van der Waals surface area contributed by atoms with Crippen molar-refractivity contribution in [1.29, 1.82) is 0 Å². The average Bonchev–Trinajstić information content (AvgIpc) is 2.73. The van der Waals surface area contributed by atoms with Gasteiger partial charge in [-0.05, 0) is 22.6 Å². The summed E-state index contributed by atoms with van der Waals surface area (Å²) >= 11 is 2.27. The maximum atomic E-state index is 4.34. The molecule has 0 aliphatic carbocycles. The van der Waals surface area contributed by atoms with Gasteiger partial charge in [0.1, 0.15) is 11.8 Å². The Bertz CT molecular complexity index is 631. The second-order valence-electron chi connectivity index (χ2n) is 3.45. The SMILES string of the molecule is Ic1c[nH]c2c(-c3ccccc3)ncnc12. The fraction of sp³-hybridized carbons (Fsp3) is 0. The van der Waals surface area contributed by atoms with Crippen molar-refractivity contribution >= 4 is 33.6 Å². The average molecular weight is 321 g/mol. The maximum Gasteiger partial charge on any atom is 0.116 e. The number of benzene rings is 1. The van der Waals surface area contributed by atoms with Crippen molar-refractivity contribution in [1.82, 2.24) is 15.0 Å². The number of nitrogens with zero attached hydrogens (tertiary/aromatic N) is 2. The Hall–Kier alpha value is -1.43. The lowest BCUT2D eigenvalue weighted by molar-refractivity contribution is 1.22. The van der Waals surface area contributed by atoms with Gasteiger partial charge in [-0.25, -0.2) is 9.97 Å².